The van der Waals surface area contributed by atoms with Gasteiger partial charge in [-0.3, -0.25) is 19.5 Å². The summed E-state index contributed by atoms with van der Waals surface area (Å²) >= 11 is 7.78. The number of benzene rings is 2. The number of rotatable bonds is 8. The zero-order chi connectivity index (χ0) is 25.7. The second-order valence-corrected chi connectivity index (χ2v) is 10.4. The maximum absolute atomic E-state index is 13.3. The number of aliphatic imine (C=N–C) groups is 1. The molecule has 3 aromatic rings. The topological polar surface area (TPSA) is 74.7 Å². The molecule has 0 radical (unpaired) electrons. The fourth-order valence-corrected chi connectivity index (χ4v) is 5.28. The van der Waals surface area contributed by atoms with Gasteiger partial charge in [0.2, 0.25) is 11.8 Å². The first-order valence-corrected chi connectivity index (χ1v) is 13.0. The molecule has 1 N–H and O–H groups in total. The second kappa shape index (κ2) is 11.9. The number of amides is 2. The van der Waals surface area contributed by atoms with Crippen LogP contribution in [0.15, 0.2) is 76.7 Å². The van der Waals surface area contributed by atoms with Crippen LogP contribution >= 0.6 is 35.1 Å². The highest BCUT2D eigenvalue weighted by molar-refractivity contribution is 8.15. The summed E-state index contributed by atoms with van der Waals surface area (Å²) in [5.74, 6) is -3.09. The van der Waals surface area contributed by atoms with Crippen molar-refractivity contribution in [3.63, 3.8) is 0 Å². The third-order valence-electron chi connectivity index (χ3n) is 5.27. The van der Waals surface area contributed by atoms with Gasteiger partial charge in [-0.1, -0.05) is 47.3 Å². The van der Waals surface area contributed by atoms with E-state index in [4.69, 9.17) is 11.6 Å². The van der Waals surface area contributed by atoms with Crippen molar-refractivity contribution in [2.24, 2.45) is 4.99 Å². The predicted molar refractivity (Wildman–Crippen MR) is 141 cm³/mol. The minimum Gasteiger partial charge on any atom is -0.326 e. The number of thioether (sulfide) groups is 2. The van der Waals surface area contributed by atoms with Gasteiger partial charge in [-0.15, -0.1) is 0 Å². The van der Waals surface area contributed by atoms with Crippen LogP contribution in [-0.2, 0) is 16.1 Å². The number of halogens is 3. The number of carbonyl (C=O) groups excluding carboxylic acids is 2. The van der Waals surface area contributed by atoms with Crippen molar-refractivity contribution in [3.8, 4) is 0 Å². The standard InChI is InChI=1S/C25H21ClF2N4O2S2/c1-15-19(26)6-4-7-20(15)31-22(33)13-21-23(34)32(14-17-5-2-3-12-29-17)25(36-21)30-16-8-10-18(11-9-16)35-24(27)28/h2-12,21,24H,13-14H2,1H3,(H,31,33)/t21-/m1/s1. The van der Waals surface area contributed by atoms with E-state index in [1.807, 2.05) is 6.07 Å². The summed E-state index contributed by atoms with van der Waals surface area (Å²) < 4.78 is 25.2. The Hall–Kier alpha value is -2.95. The lowest BCUT2D eigenvalue weighted by molar-refractivity contribution is -0.128. The maximum Gasteiger partial charge on any atom is 0.288 e. The van der Waals surface area contributed by atoms with Crippen LogP contribution in [0, 0.1) is 6.92 Å². The minimum atomic E-state index is -2.51. The number of carbonyl (C=O) groups is 2. The van der Waals surface area contributed by atoms with Crippen molar-refractivity contribution in [1.82, 2.24) is 9.88 Å². The third-order valence-corrected chi connectivity index (χ3v) is 7.57. The highest BCUT2D eigenvalue weighted by atomic mass is 35.5. The minimum absolute atomic E-state index is 0.0584. The molecule has 1 saturated heterocycles. The van der Waals surface area contributed by atoms with Gasteiger partial charge in [0.1, 0.15) is 5.25 Å². The van der Waals surface area contributed by atoms with Gasteiger partial charge in [0.05, 0.1) is 17.9 Å². The van der Waals surface area contributed by atoms with E-state index in [1.54, 1.807) is 67.7 Å². The fourth-order valence-electron chi connectivity index (χ4n) is 3.45. The Kier molecular flexibility index (Phi) is 8.60. The Labute approximate surface area is 220 Å². The summed E-state index contributed by atoms with van der Waals surface area (Å²) in [4.78, 5) is 36.9. The van der Waals surface area contributed by atoms with E-state index in [-0.39, 0.29) is 24.8 Å². The maximum atomic E-state index is 13.3. The van der Waals surface area contributed by atoms with Gasteiger partial charge in [-0.05, 0) is 61.0 Å². The second-order valence-electron chi connectivity index (χ2n) is 7.78. The molecule has 2 amide bonds. The Morgan fingerprint density at radius 3 is 2.67 bits per heavy atom. The van der Waals surface area contributed by atoms with Crippen molar-refractivity contribution in [2.75, 3.05) is 5.32 Å². The van der Waals surface area contributed by atoms with E-state index in [9.17, 15) is 18.4 Å². The predicted octanol–water partition coefficient (Wildman–Crippen LogP) is 6.52. The molecule has 0 bridgehead atoms. The largest absolute Gasteiger partial charge is 0.326 e. The molecule has 4 rings (SSSR count). The number of nitrogens with one attached hydrogen (secondary N) is 1. The highest BCUT2D eigenvalue weighted by Gasteiger charge is 2.39. The molecule has 0 aliphatic carbocycles. The van der Waals surface area contributed by atoms with Crippen molar-refractivity contribution < 1.29 is 18.4 Å². The molecule has 1 aliphatic rings. The van der Waals surface area contributed by atoms with Crippen LogP contribution in [-0.4, -0.2) is 37.9 Å². The van der Waals surface area contributed by atoms with Gasteiger partial charge < -0.3 is 5.32 Å². The van der Waals surface area contributed by atoms with Gasteiger partial charge >= 0.3 is 0 Å². The Morgan fingerprint density at radius 2 is 1.97 bits per heavy atom. The third kappa shape index (κ3) is 6.63. The monoisotopic (exact) mass is 546 g/mol. The Balaban J connectivity index is 1.54. The van der Waals surface area contributed by atoms with Crippen molar-refractivity contribution >= 4 is 63.5 Å². The van der Waals surface area contributed by atoms with Gasteiger partial charge in [-0.25, -0.2) is 4.99 Å². The lowest BCUT2D eigenvalue weighted by atomic mass is 10.2. The van der Waals surface area contributed by atoms with Crippen molar-refractivity contribution in [1.29, 1.82) is 0 Å². The molecule has 2 aromatic carbocycles. The first-order chi connectivity index (χ1) is 17.3. The number of aromatic nitrogens is 1. The average molecular weight is 547 g/mol. The molecule has 1 aliphatic heterocycles. The number of alkyl halides is 2. The summed E-state index contributed by atoms with van der Waals surface area (Å²) in [5, 5.41) is 3.09. The number of anilines is 1. The average Bonchev–Trinajstić information content (AvgIpc) is 3.12. The van der Waals surface area contributed by atoms with Crippen LogP contribution in [0.5, 0.6) is 0 Å². The smallest absolute Gasteiger partial charge is 0.288 e. The molecule has 1 atom stereocenters. The number of nitrogens with zero attached hydrogens (tertiary/aromatic N) is 3. The van der Waals surface area contributed by atoms with Crippen LogP contribution < -0.4 is 5.32 Å². The summed E-state index contributed by atoms with van der Waals surface area (Å²) in [6.07, 6.45) is 1.58. The zero-order valence-electron chi connectivity index (χ0n) is 19.0. The van der Waals surface area contributed by atoms with Gasteiger partial charge in [0.25, 0.3) is 5.76 Å². The lowest BCUT2D eigenvalue weighted by Crippen LogP contribution is -2.33. The van der Waals surface area contributed by atoms with E-state index in [2.05, 4.69) is 15.3 Å². The molecule has 186 valence electrons. The number of hydrogen-bond acceptors (Lipinski definition) is 6. The number of amidine groups is 1. The first-order valence-electron chi connectivity index (χ1n) is 10.9. The molecule has 0 saturated carbocycles. The molecule has 11 heteroatoms. The van der Waals surface area contributed by atoms with Gasteiger partial charge in [0.15, 0.2) is 5.17 Å². The van der Waals surface area contributed by atoms with E-state index >= 15 is 0 Å². The molecule has 1 fully saturated rings. The van der Waals surface area contributed by atoms with E-state index in [1.165, 1.54) is 16.7 Å². The Morgan fingerprint density at radius 1 is 1.19 bits per heavy atom. The molecule has 2 heterocycles. The Bertz CT molecular complexity index is 1280. The summed E-state index contributed by atoms with van der Waals surface area (Å²) in [6, 6.07) is 17.0. The first kappa shape index (κ1) is 26.1. The van der Waals surface area contributed by atoms with Crippen molar-refractivity contribution in [2.45, 2.75) is 35.8 Å². The summed E-state index contributed by atoms with van der Waals surface area (Å²) in [7, 11) is 0. The zero-order valence-corrected chi connectivity index (χ0v) is 21.4. The van der Waals surface area contributed by atoms with Crippen LogP contribution in [0.1, 0.15) is 17.7 Å². The van der Waals surface area contributed by atoms with E-state index in [0.717, 1.165) is 5.56 Å². The molecule has 1 aromatic heterocycles. The van der Waals surface area contributed by atoms with E-state index < -0.39 is 11.0 Å². The van der Waals surface area contributed by atoms with E-state index in [0.29, 0.717) is 43.9 Å². The normalized spacial score (nSPS) is 16.7. The molecule has 36 heavy (non-hydrogen) atoms. The molecule has 6 nitrogen and oxygen atoms in total. The van der Waals surface area contributed by atoms with Gasteiger partial charge in [0, 0.05) is 28.2 Å². The molecular formula is C25H21ClF2N4O2S2. The number of hydrogen-bond donors (Lipinski definition) is 1. The van der Waals surface area contributed by atoms with Crippen LogP contribution in [0.25, 0.3) is 0 Å². The van der Waals surface area contributed by atoms with Crippen molar-refractivity contribution in [3.05, 3.63) is 83.1 Å². The number of pyridine rings is 1. The molecule has 0 unspecified atom stereocenters. The van der Waals surface area contributed by atoms with Gasteiger partial charge in [-0.2, -0.15) is 8.78 Å². The summed E-state index contributed by atoms with van der Waals surface area (Å²) in [5.41, 5.74) is 2.51. The lowest BCUT2D eigenvalue weighted by Gasteiger charge is -2.16. The molecular weight excluding hydrogens is 526 g/mol. The van der Waals surface area contributed by atoms with Crippen LogP contribution in [0.3, 0.4) is 0 Å². The molecule has 0 spiro atoms. The quantitative estimate of drug-likeness (QED) is 0.326. The fraction of sp³-hybridized carbons (Fsp3) is 0.200. The SMILES string of the molecule is Cc1c(Cl)cccc1NC(=O)C[C@H]1SC(=Nc2ccc(SC(F)F)cc2)N(Cc2ccccn2)C1=O. The summed E-state index contributed by atoms with van der Waals surface area (Å²) in [6.45, 7) is 1.99. The van der Waals surface area contributed by atoms with Crippen LogP contribution in [0.2, 0.25) is 5.02 Å². The van der Waals surface area contributed by atoms with Crippen LogP contribution in [0.4, 0.5) is 20.2 Å². The highest BCUT2D eigenvalue weighted by Crippen LogP contribution is 2.34.